The van der Waals surface area contributed by atoms with E-state index in [9.17, 15) is 14.4 Å². The third kappa shape index (κ3) is 2.60. The zero-order chi connectivity index (χ0) is 17.8. The van der Waals surface area contributed by atoms with E-state index in [1.54, 1.807) is 12.3 Å². The Morgan fingerprint density at radius 3 is 2.25 bits per heavy atom. The van der Waals surface area contributed by atoms with Gasteiger partial charge in [-0.05, 0) is 43.9 Å². The average Bonchev–Trinajstić information content (AvgIpc) is 2.44. The molecule has 1 aliphatic carbocycles. The first-order chi connectivity index (χ1) is 11.1. The zero-order valence-electron chi connectivity index (χ0n) is 14.5. The van der Waals surface area contributed by atoms with Crippen LogP contribution in [0.3, 0.4) is 0 Å². The van der Waals surface area contributed by atoms with Crippen molar-refractivity contribution in [2.24, 2.45) is 16.2 Å². The molecule has 1 aromatic heterocycles. The van der Waals surface area contributed by atoms with Crippen molar-refractivity contribution < 1.29 is 14.4 Å². The minimum atomic E-state index is -0.805. The molecule has 3 amide bonds. The second-order valence-electron chi connectivity index (χ2n) is 8.17. The maximum absolute atomic E-state index is 12.9. The molecule has 0 aromatic carbocycles. The molecule has 2 bridgehead atoms. The Labute approximate surface area is 141 Å². The van der Waals surface area contributed by atoms with E-state index in [-0.39, 0.29) is 17.7 Å². The van der Waals surface area contributed by atoms with E-state index >= 15 is 0 Å². The van der Waals surface area contributed by atoms with Crippen LogP contribution in [0, 0.1) is 23.2 Å². The molecule has 6 nitrogen and oxygen atoms in total. The fourth-order valence-electron chi connectivity index (χ4n) is 4.53. The third-order valence-corrected chi connectivity index (χ3v) is 5.37. The van der Waals surface area contributed by atoms with Gasteiger partial charge in [-0.3, -0.25) is 19.7 Å². The van der Waals surface area contributed by atoms with Crippen LogP contribution in [-0.2, 0) is 14.4 Å². The van der Waals surface area contributed by atoms with Crippen molar-refractivity contribution in [2.75, 3.05) is 5.32 Å². The Morgan fingerprint density at radius 2 is 1.71 bits per heavy atom. The molecule has 1 saturated carbocycles. The Kier molecular flexibility index (Phi) is 3.55. The monoisotopic (exact) mass is 329 g/mol. The molecule has 0 radical (unpaired) electrons. The van der Waals surface area contributed by atoms with Crippen LogP contribution in [0.4, 0.5) is 5.82 Å². The van der Waals surface area contributed by atoms with Crippen LogP contribution >= 0.6 is 0 Å². The van der Waals surface area contributed by atoms with E-state index < -0.39 is 16.2 Å². The largest absolute Gasteiger partial charge is 0.310 e. The van der Waals surface area contributed by atoms with Gasteiger partial charge in [-0.1, -0.05) is 20.8 Å². The molecule has 1 aromatic rings. The van der Waals surface area contributed by atoms with Gasteiger partial charge >= 0.3 is 0 Å². The molecule has 2 N–H and O–H groups in total. The second kappa shape index (κ2) is 5.13. The predicted octanol–water partition coefficient (Wildman–Crippen LogP) is 2.19. The number of nitrogens with one attached hydrogen (secondary N) is 2. The summed E-state index contributed by atoms with van der Waals surface area (Å²) in [6, 6.07) is 3.65. The Bertz CT molecular complexity index is 717. The number of amides is 3. The maximum Gasteiger partial charge on any atom is 0.232 e. The van der Waals surface area contributed by atoms with E-state index in [2.05, 4.69) is 15.6 Å². The number of imide groups is 1. The summed E-state index contributed by atoms with van der Waals surface area (Å²) in [6.45, 7) is 7.43. The van der Waals surface area contributed by atoms with E-state index in [0.717, 1.165) is 5.56 Å². The van der Waals surface area contributed by atoms with Crippen LogP contribution < -0.4 is 10.6 Å². The first-order valence-corrected chi connectivity index (χ1v) is 8.16. The van der Waals surface area contributed by atoms with Crippen LogP contribution in [0.1, 0.15) is 45.6 Å². The number of aryl methyl sites for hydroxylation is 1. The lowest BCUT2D eigenvalue weighted by Gasteiger charge is -2.53. The lowest BCUT2D eigenvalue weighted by atomic mass is 9.52. The molecule has 2 heterocycles. The Hall–Kier alpha value is -2.24. The number of rotatable bonds is 2. The van der Waals surface area contributed by atoms with Crippen LogP contribution in [-0.4, -0.2) is 22.7 Å². The number of nitrogens with zero attached hydrogens (tertiary/aromatic N) is 1. The fraction of sp³-hybridized carbons (Fsp3) is 0.556. The number of fused-ring (bicyclic) bond motifs is 2. The smallest absolute Gasteiger partial charge is 0.232 e. The van der Waals surface area contributed by atoms with Gasteiger partial charge < -0.3 is 5.32 Å². The minimum Gasteiger partial charge on any atom is -0.310 e. The van der Waals surface area contributed by atoms with Gasteiger partial charge in [-0.2, -0.15) is 0 Å². The summed E-state index contributed by atoms with van der Waals surface area (Å²) in [5, 5.41) is 5.33. The molecular weight excluding hydrogens is 306 g/mol. The number of aromatic nitrogens is 1. The zero-order valence-corrected chi connectivity index (χ0v) is 14.5. The van der Waals surface area contributed by atoms with Crippen LogP contribution in [0.2, 0.25) is 0 Å². The molecule has 0 spiro atoms. The molecule has 2 unspecified atom stereocenters. The number of carbonyl (C=O) groups is 3. The molecule has 128 valence electrons. The van der Waals surface area contributed by atoms with Crippen molar-refractivity contribution >= 4 is 23.5 Å². The van der Waals surface area contributed by atoms with Crippen molar-refractivity contribution in [3.63, 3.8) is 0 Å². The average molecular weight is 329 g/mol. The molecule has 2 atom stereocenters. The summed E-state index contributed by atoms with van der Waals surface area (Å²) >= 11 is 0. The highest BCUT2D eigenvalue weighted by atomic mass is 16.2. The van der Waals surface area contributed by atoms with Gasteiger partial charge in [0.15, 0.2) is 0 Å². The normalized spacial score (nSPS) is 35.3. The quantitative estimate of drug-likeness (QED) is 0.814. The predicted molar refractivity (Wildman–Crippen MR) is 88.9 cm³/mol. The van der Waals surface area contributed by atoms with Crippen molar-refractivity contribution in [2.45, 2.75) is 47.0 Å². The van der Waals surface area contributed by atoms with Gasteiger partial charge in [0, 0.05) is 22.4 Å². The SMILES string of the molecule is Cc1ccnc(NC(=O)C2(C)CC3(C)CC(C)(C2)C(=O)NC3=O)c1. The summed E-state index contributed by atoms with van der Waals surface area (Å²) in [6.07, 6.45) is 2.94. The molecule has 1 aliphatic heterocycles. The molecule has 24 heavy (non-hydrogen) atoms. The van der Waals surface area contributed by atoms with E-state index in [1.807, 2.05) is 33.8 Å². The molecule has 2 fully saturated rings. The molecular formula is C18H23N3O3. The summed E-state index contributed by atoms with van der Waals surface area (Å²) in [5.74, 6) is -0.266. The highest BCUT2D eigenvalue weighted by Gasteiger charge is 2.60. The highest BCUT2D eigenvalue weighted by molar-refractivity contribution is 6.05. The minimum absolute atomic E-state index is 0.194. The van der Waals surface area contributed by atoms with Crippen molar-refractivity contribution in [1.29, 1.82) is 0 Å². The standard InChI is InChI=1S/C18H23N3O3/c1-11-5-6-19-12(7-11)20-13(22)16(2)8-17(3)10-18(4,9-16)15(24)21-14(17)23/h5-7H,8-10H2,1-4H3,(H,19,20,22)(H,21,23,24). The topological polar surface area (TPSA) is 88.2 Å². The third-order valence-electron chi connectivity index (χ3n) is 5.37. The number of carbonyl (C=O) groups excluding carboxylic acids is 3. The van der Waals surface area contributed by atoms with Crippen LogP contribution in [0.15, 0.2) is 18.3 Å². The lowest BCUT2D eigenvalue weighted by Crippen LogP contribution is -2.63. The Morgan fingerprint density at radius 1 is 1.12 bits per heavy atom. The summed E-state index contributed by atoms with van der Waals surface area (Å²) < 4.78 is 0. The molecule has 6 heteroatoms. The van der Waals surface area contributed by atoms with E-state index in [4.69, 9.17) is 0 Å². The van der Waals surface area contributed by atoms with Gasteiger partial charge in [-0.15, -0.1) is 0 Å². The van der Waals surface area contributed by atoms with Crippen molar-refractivity contribution in [3.8, 4) is 0 Å². The van der Waals surface area contributed by atoms with Gasteiger partial charge in [-0.25, -0.2) is 4.98 Å². The highest BCUT2D eigenvalue weighted by Crippen LogP contribution is 2.56. The van der Waals surface area contributed by atoms with Crippen molar-refractivity contribution in [1.82, 2.24) is 10.3 Å². The number of anilines is 1. The van der Waals surface area contributed by atoms with Crippen LogP contribution in [0.5, 0.6) is 0 Å². The summed E-state index contributed by atoms with van der Waals surface area (Å²) in [7, 11) is 0. The first-order valence-electron chi connectivity index (χ1n) is 8.16. The number of piperidine rings is 1. The fourth-order valence-corrected chi connectivity index (χ4v) is 4.53. The molecule has 2 aliphatic rings. The summed E-state index contributed by atoms with van der Waals surface area (Å²) in [4.78, 5) is 41.7. The summed E-state index contributed by atoms with van der Waals surface area (Å²) in [5.41, 5.74) is -1.24. The van der Waals surface area contributed by atoms with Gasteiger partial charge in [0.05, 0.1) is 0 Å². The number of hydrogen-bond acceptors (Lipinski definition) is 4. The maximum atomic E-state index is 12.9. The van der Waals surface area contributed by atoms with E-state index in [0.29, 0.717) is 25.1 Å². The number of hydrogen-bond donors (Lipinski definition) is 2. The van der Waals surface area contributed by atoms with E-state index in [1.165, 1.54) is 0 Å². The first kappa shape index (κ1) is 16.6. The second-order valence-corrected chi connectivity index (χ2v) is 8.17. The Balaban J connectivity index is 1.90. The van der Waals surface area contributed by atoms with Gasteiger partial charge in [0.25, 0.3) is 0 Å². The number of pyridine rings is 1. The molecule has 1 saturated heterocycles. The molecule has 3 rings (SSSR count). The lowest BCUT2D eigenvalue weighted by molar-refractivity contribution is -0.163. The van der Waals surface area contributed by atoms with Gasteiger partial charge in [0.1, 0.15) is 5.82 Å². The van der Waals surface area contributed by atoms with Crippen LogP contribution in [0.25, 0.3) is 0 Å². The van der Waals surface area contributed by atoms with Crippen molar-refractivity contribution in [3.05, 3.63) is 23.9 Å². The van der Waals surface area contributed by atoms with Gasteiger partial charge in [0.2, 0.25) is 17.7 Å².